The summed E-state index contributed by atoms with van der Waals surface area (Å²) in [5, 5.41) is 0. The van der Waals surface area contributed by atoms with Crippen LogP contribution in [0.5, 0.6) is 0 Å². The van der Waals surface area contributed by atoms with E-state index >= 15 is 0 Å². The van der Waals surface area contributed by atoms with Crippen LogP contribution in [0, 0.1) is 0 Å². The molecule has 5 nitrogen and oxygen atoms in total. The van der Waals surface area contributed by atoms with Gasteiger partial charge in [0, 0.05) is 0 Å². The molecule has 80 valence electrons. The van der Waals surface area contributed by atoms with E-state index in [0.29, 0.717) is 5.56 Å². The number of carbonyl (C=O) groups excluding carboxylic acids is 1. The lowest BCUT2D eigenvalue weighted by molar-refractivity contribution is -0.122. The molecule has 1 fully saturated rings. The van der Waals surface area contributed by atoms with Crippen molar-refractivity contribution in [3.63, 3.8) is 0 Å². The summed E-state index contributed by atoms with van der Waals surface area (Å²) in [4.78, 5) is 11.1. The zero-order valence-corrected chi connectivity index (χ0v) is 8.53. The van der Waals surface area contributed by atoms with Gasteiger partial charge in [-0.1, -0.05) is 30.3 Å². The number of nitrogens with one attached hydrogen (secondary N) is 1. The topological polar surface area (TPSA) is 72.5 Å². The van der Waals surface area contributed by atoms with Crippen LogP contribution in [0.2, 0.25) is 0 Å². The van der Waals surface area contributed by atoms with Gasteiger partial charge in [-0.25, -0.2) is 8.91 Å². The number of rotatable bonds is 1. The van der Waals surface area contributed by atoms with Crippen molar-refractivity contribution in [1.29, 1.82) is 0 Å². The van der Waals surface area contributed by atoms with Gasteiger partial charge in [-0.2, -0.15) is 8.42 Å². The molecular weight excluding hydrogens is 218 g/mol. The van der Waals surface area contributed by atoms with E-state index in [-0.39, 0.29) is 6.42 Å². The highest BCUT2D eigenvalue weighted by Crippen LogP contribution is 2.25. The Kier molecular flexibility index (Phi) is 2.45. The van der Waals surface area contributed by atoms with Crippen LogP contribution in [0.4, 0.5) is 0 Å². The SMILES string of the molecule is O=C1CC(c2ccccc2)OS(=O)(=O)N1. The van der Waals surface area contributed by atoms with Crippen LogP contribution in [0.3, 0.4) is 0 Å². The van der Waals surface area contributed by atoms with Crippen molar-refractivity contribution in [1.82, 2.24) is 4.72 Å². The van der Waals surface area contributed by atoms with Gasteiger partial charge < -0.3 is 0 Å². The van der Waals surface area contributed by atoms with E-state index in [1.54, 1.807) is 35.1 Å². The van der Waals surface area contributed by atoms with Crippen LogP contribution in [0.25, 0.3) is 0 Å². The zero-order chi connectivity index (χ0) is 10.9. The third-order valence-electron chi connectivity index (χ3n) is 2.02. The summed E-state index contributed by atoms with van der Waals surface area (Å²) in [6.45, 7) is 0. The van der Waals surface area contributed by atoms with Crippen molar-refractivity contribution in [3.05, 3.63) is 35.9 Å². The minimum Gasteiger partial charge on any atom is -0.274 e. The number of carbonyl (C=O) groups is 1. The van der Waals surface area contributed by atoms with Gasteiger partial charge in [0.2, 0.25) is 5.91 Å². The third-order valence-corrected chi connectivity index (χ3v) is 2.99. The number of benzene rings is 1. The Labute approximate surface area is 87.3 Å². The van der Waals surface area contributed by atoms with Gasteiger partial charge in [-0.3, -0.25) is 4.79 Å². The Morgan fingerprint density at radius 1 is 1.27 bits per heavy atom. The number of hydrogen-bond donors (Lipinski definition) is 1. The quantitative estimate of drug-likeness (QED) is 0.758. The van der Waals surface area contributed by atoms with Gasteiger partial charge in [-0.15, -0.1) is 0 Å². The molecule has 1 atom stereocenters. The number of amides is 1. The predicted octanol–water partition coefficient (Wildman–Crippen LogP) is 0.509. The van der Waals surface area contributed by atoms with Crippen LogP contribution in [0.15, 0.2) is 30.3 Å². The Morgan fingerprint density at radius 2 is 1.93 bits per heavy atom. The second-order valence-electron chi connectivity index (χ2n) is 3.18. The van der Waals surface area contributed by atoms with Crippen LogP contribution in [-0.2, 0) is 19.3 Å². The summed E-state index contributed by atoms with van der Waals surface area (Å²) in [6, 6.07) is 8.77. The van der Waals surface area contributed by atoms with E-state index in [1.807, 2.05) is 0 Å². The molecule has 1 aromatic carbocycles. The molecule has 0 spiro atoms. The molecule has 0 aromatic heterocycles. The lowest BCUT2D eigenvalue weighted by Crippen LogP contribution is -2.39. The van der Waals surface area contributed by atoms with Gasteiger partial charge >= 0.3 is 10.3 Å². The van der Waals surface area contributed by atoms with Gasteiger partial charge in [-0.05, 0) is 5.56 Å². The highest BCUT2D eigenvalue weighted by Gasteiger charge is 2.31. The maximum Gasteiger partial charge on any atom is 0.362 e. The fourth-order valence-electron chi connectivity index (χ4n) is 1.40. The first-order chi connectivity index (χ1) is 7.07. The molecule has 1 N–H and O–H groups in total. The van der Waals surface area contributed by atoms with E-state index in [4.69, 9.17) is 4.18 Å². The van der Waals surface area contributed by atoms with Crippen molar-refractivity contribution in [2.24, 2.45) is 0 Å². The van der Waals surface area contributed by atoms with Gasteiger partial charge in [0.25, 0.3) is 0 Å². The fourth-order valence-corrected chi connectivity index (χ4v) is 2.30. The van der Waals surface area contributed by atoms with Gasteiger partial charge in [0.1, 0.15) is 6.10 Å². The highest BCUT2D eigenvalue weighted by molar-refractivity contribution is 7.85. The lowest BCUT2D eigenvalue weighted by atomic mass is 10.1. The van der Waals surface area contributed by atoms with Crippen molar-refractivity contribution in [2.45, 2.75) is 12.5 Å². The third kappa shape index (κ3) is 2.34. The first-order valence-corrected chi connectivity index (χ1v) is 5.76. The molecule has 15 heavy (non-hydrogen) atoms. The normalized spacial score (nSPS) is 24.5. The molecule has 1 heterocycles. The molecule has 1 saturated heterocycles. The smallest absolute Gasteiger partial charge is 0.274 e. The molecule has 0 aliphatic carbocycles. The average Bonchev–Trinajstić information content (AvgIpc) is 2.16. The Morgan fingerprint density at radius 3 is 2.53 bits per heavy atom. The molecule has 0 bridgehead atoms. The van der Waals surface area contributed by atoms with Crippen molar-refractivity contribution >= 4 is 16.2 Å². The summed E-state index contributed by atoms with van der Waals surface area (Å²) in [6.07, 6.45) is -0.701. The second-order valence-corrected chi connectivity index (χ2v) is 4.48. The molecule has 1 aliphatic rings. The second kappa shape index (κ2) is 3.63. The van der Waals surface area contributed by atoms with Crippen LogP contribution >= 0.6 is 0 Å². The summed E-state index contributed by atoms with van der Waals surface area (Å²) in [5.74, 6) is -0.546. The van der Waals surface area contributed by atoms with E-state index in [1.165, 1.54) is 0 Å². The monoisotopic (exact) mass is 227 g/mol. The average molecular weight is 227 g/mol. The van der Waals surface area contributed by atoms with Crippen molar-refractivity contribution < 1.29 is 17.4 Å². The predicted molar refractivity (Wildman–Crippen MR) is 51.9 cm³/mol. The van der Waals surface area contributed by atoms with E-state index in [2.05, 4.69) is 0 Å². The van der Waals surface area contributed by atoms with Crippen LogP contribution in [0.1, 0.15) is 18.1 Å². The summed E-state index contributed by atoms with van der Waals surface area (Å²) >= 11 is 0. The van der Waals surface area contributed by atoms with Crippen LogP contribution < -0.4 is 4.72 Å². The highest BCUT2D eigenvalue weighted by atomic mass is 32.2. The Balaban J connectivity index is 2.28. The Bertz CT molecular complexity index is 468. The zero-order valence-electron chi connectivity index (χ0n) is 7.71. The first-order valence-electron chi connectivity index (χ1n) is 4.36. The molecule has 1 amide bonds. The minimum atomic E-state index is -3.93. The first kappa shape index (κ1) is 10.1. The molecule has 1 aliphatic heterocycles. The molecule has 6 heteroatoms. The summed E-state index contributed by atoms with van der Waals surface area (Å²) in [5.41, 5.74) is 0.677. The maximum atomic E-state index is 11.1. The molecular formula is C9H9NO4S. The van der Waals surface area contributed by atoms with Gasteiger partial charge in [0.05, 0.1) is 6.42 Å². The van der Waals surface area contributed by atoms with E-state index in [9.17, 15) is 13.2 Å². The molecule has 2 rings (SSSR count). The molecule has 1 aromatic rings. The molecule has 0 radical (unpaired) electrons. The van der Waals surface area contributed by atoms with E-state index in [0.717, 1.165) is 0 Å². The van der Waals surface area contributed by atoms with Crippen molar-refractivity contribution in [3.8, 4) is 0 Å². The molecule has 1 unspecified atom stereocenters. The number of hydrogen-bond acceptors (Lipinski definition) is 4. The van der Waals surface area contributed by atoms with E-state index < -0.39 is 22.3 Å². The molecule has 0 saturated carbocycles. The summed E-state index contributed by atoms with van der Waals surface area (Å²) < 4.78 is 28.7. The Hall–Kier alpha value is -1.40. The maximum absolute atomic E-state index is 11.1. The minimum absolute atomic E-state index is 0.0171. The largest absolute Gasteiger partial charge is 0.362 e. The summed E-state index contributed by atoms with van der Waals surface area (Å²) in [7, 11) is -3.93. The lowest BCUT2D eigenvalue weighted by Gasteiger charge is -2.22. The van der Waals surface area contributed by atoms with Gasteiger partial charge in [0.15, 0.2) is 0 Å². The van der Waals surface area contributed by atoms with Crippen LogP contribution in [-0.4, -0.2) is 14.3 Å². The standard InChI is InChI=1S/C9H9NO4S/c11-9-6-8(14-15(12,13)10-9)7-4-2-1-3-5-7/h1-5,8H,6H2,(H,10,11). The fraction of sp³-hybridized carbons (Fsp3) is 0.222. The van der Waals surface area contributed by atoms with Crippen molar-refractivity contribution in [2.75, 3.05) is 0 Å².